The van der Waals surface area contributed by atoms with Crippen LogP contribution in [0.25, 0.3) is 0 Å². The van der Waals surface area contributed by atoms with Gasteiger partial charge in [0.15, 0.2) is 11.8 Å². The van der Waals surface area contributed by atoms with Crippen LogP contribution in [0.5, 0.6) is 5.88 Å². The maximum absolute atomic E-state index is 10.2. The fourth-order valence-electron chi connectivity index (χ4n) is 0.660. The zero-order chi connectivity index (χ0) is 14.3. The van der Waals surface area contributed by atoms with Crippen LogP contribution in [0, 0.1) is 10.1 Å². The molecule has 108 valence electrons. The third-order valence-electron chi connectivity index (χ3n) is 1.19. The molecule has 0 fully saturated rings. The molecule has 0 aromatic carbocycles. The topological polar surface area (TPSA) is 158 Å². The molecule has 1 heterocycles. The largest absolute Gasteiger partial charge is 0.479 e. The summed E-state index contributed by atoms with van der Waals surface area (Å²) >= 11 is 16.8. The van der Waals surface area contributed by atoms with Crippen LogP contribution in [0.3, 0.4) is 0 Å². The number of halogens is 3. The van der Waals surface area contributed by atoms with Crippen LogP contribution in [-0.2, 0) is 4.79 Å². The van der Waals surface area contributed by atoms with Crippen LogP contribution in [0.2, 0.25) is 15.2 Å². The van der Waals surface area contributed by atoms with Gasteiger partial charge in [-0.15, -0.1) is 10.1 Å². The standard InChI is InChI=1S/C7H4Cl3NO3.HNO3.H3N/c8-3-1-4(9)7(11-6(3)10)14-2-5(12)13;2-1(3)4;/h1H,2H2,(H,12,13);(H,2,3,4);1H3. The quantitative estimate of drug-likeness (QED) is 0.431. The third-order valence-corrected chi connectivity index (χ3v) is 2.13. The first-order valence-electron chi connectivity index (χ1n) is 3.93. The van der Waals surface area contributed by atoms with E-state index in [9.17, 15) is 4.79 Å². The second-order valence-corrected chi connectivity index (χ2v) is 3.64. The number of aliphatic carboxylic acids is 1. The molecule has 19 heavy (non-hydrogen) atoms. The Hall–Kier alpha value is -1.55. The summed E-state index contributed by atoms with van der Waals surface area (Å²) in [6, 6.07) is 1.33. The van der Waals surface area contributed by atoms with Gasteiger partial charge < -0.3 is 21.2 Å². The number of aromatic nitrogens is 1. The van der Waals surface area contributed by atoms with Gasteiger partial charge in [0.25, 0.3) is 5.09 Å². The maximum Gasteiger partial charge on any atom is 0.341 e. The molecular formula is C7H8Cl3N3O6. The zero-order valence-corrected chi connectivity index (χ0v) is 11.3. The Morgan fingerprint density at radius 3 is 2.32 bits per heavy atom. The molecule has 5 N–H and O–H groups in total. The van der Waals surface area contributed by atoms with E-state index in [-0.39, 0.29) is 27.2 Å². The monoisotopic (exact) mass is 335 g/mol. The van der Waals surface area contributed by atoms with Crippen molar-refractivity contribution in [3.8, 4) is 5.88 Å². The van der Waals surface area contributed by atoms with Gasteiger partial charge >= 0.3 is 5.97 Å². The molecule has 0 saturated heterocycles. The Morgan fingerprint density at radius 2 is 1.89 bits per heavy atom. The van der Waals surface area contributed by atoms with E-state index < -0.39 is 17.7 Å². The minimum atomic E-state index is -1.50. The van der Waals surface area contributed by atoms with E-state index >= 15 is 0 Å². The van der Waals surface area contributed by atoms with Crippen molar-refractivity contribution in [1.29, 1.82) is 0 Å². The van der Waals surface area contributed by atoms with Gasteiger partial charge in [-0.25, -0.2) is 4.79 Å². The van der Waals surface area contributed by atoms with Gasteiger partial charge in [-0.05, 0) is 6.07 Å². The number of hydrogen-bond acceptors (Lipinski definition) is 6. The average Bonchev–Trinajstić information content (AvgIpc) is 2.20. The normalized spacial score (nSPS) is 8.58. The number of carboxylic acid groups (broad SMARTS) is 1. The van der Waals surface area contributed by atoms with Crippen LogP contribution in [-0.4, -0.2) is 33.0 Å². The highest BCUT2D eigenvalue weighted by Crippen LogP contribution is 2.30. The van der Waals surface area contributed by atoms with E-state index in [1.165, 1.54) is 6.07 Å². The van der Waals surface area contributed by atoms with Crippen molar-refractivity contribution in [1.82, 2.24) is 11.1 Å². The second-order valence-electron chi connectivity index (χ2n) is 2.47. The molecule has 0 spiro atoms. The van der Waals surface area contributed by atoms with E-state index in [4.69, 9.17) is 60.0 Å². The fraction of sp³-hybridized carbons (Fsp3) is 0.143. The lowest BCUT2D eigenvalue weighted by atomic mass is 10.5. The summed E-state index contributed by atoms with van der Waals surface area (Å²) in [6.07, 6.45) is 0. The van der Waals surface area contributed by atoms with E-state index in [0.717, 1.165) is 0 Å². The lowest BCUT2D eigenvalue weighted by molar-refractivity contribution is -0.742. The third kappa shape index (κ3) is 9.08. The summed E-state index contributed by atoms with van der Waals surface area (Å²) in [6.45, 7) is -0.537. The molecule has 1 aromatic heterocycles. The van der Waals surface area contributed by atoms with Crippen molar-refractivity contribution in [3.63, 3.8) is 0 Å². The van der Waals surface area contributed by atoms with E-state index in [0.29, 0.717) is 0 Å². The highest BCUT2D eigenvalue weighted by Gasteiger charge is 2.10. The first-order chi connectivity index (χ1) is 8.23. The Morgan fingerprint density at radius 1 is 1.42 bits per heavy atom. The number of carboxylic acids is 1. The molecule has 0 radical (unpaired) electrons. The van der Waals surface area contributed by atoms with Gasteiger partial charge in [0, 0.05) is 0 Å². The number of rotatable bonds is 3. The van der Waals surface area contributed by atoms with Crippen LogP contribution in [0.4, 0.5) is 0 Å². The molecule has 0 saturated carbocycles. The highest BCUT2D eigenvalue weighted by atomic mass is 35.5. The SMILES string of the molecule is N.O=C(O)COc1nc(Cl)c(Cl)cc1Cl.O=[N+]([O-])O. The van der Waals surface area contributed by atoms with Crippen LogP contribution in [0.15, 0.2) is 6.07 Å². The fourth-order valence-corrected chi connectivity index (χ4v) is 1.20. The van der Waals surface area contributed by atoms with Gasteiger partial charge in [0.05, 0.1) is 5.02 Å². The molecule has 9 nitrogen and oxygen atoms in total. The van der Waals surface area contributed by atoms with E-state index in [2.05, 4.69) is 4.98 Å². The van der Waals surface area contributed by atoms with Crippen LogP contribution < -0.4 is 10.9 Å². The highest BCUT2D eigenvalue weighted by molar-refractivity contribution is 6.42. The van der Waals surface area contributed by atoms with Gasteiger partial charge in [-0.1, -0.05) is 34.8 Å². The molecule has 0 aliphatic heterocycles. The second kappa shape index (κ2) is 9.39. The number of hydrogen-bond donors (Lipinski definition) is 3. The molecule has 0 amide bonds. The van der Waals surface area contributed by atoms with E-state index in [1.807, 2.05) is 0 Å². The minimum absolute atomic E-state index is 0. The lowest BCUT2D eigenvalue weighted by Gasteiger charge is -2.05. The Labute approximate surface area is 121 Å². The number of carbonyl (C=O) groups is 1. The molecule has 1 aromatic rings. The molecule has 0 bridgehead atoms. The summed E-state index contributed by atoms with van der Waals surface area (Å²) in [5.74, 6) is -1.18. The Bertz CT molecular complexity index is 454. The average molecular weight is 337 g/mol. The van der Waals surface area contributed by atoms with Crippen molar-refractivity contribution in [2.45, 2.75) is 0 Å². The van der Waals surface area contributed by atoms with Crippen LogP contribution in [0.1, 0.15) is 0 Å². The number of nitrogens with zero attached hydrogens (tertiary/aromatic N) is 2. The van der Waals surface area contributed by atoms with Crippen molar-refractivity contribution < 1.29 is 24.9 Å². The molecule has 0 aliphatic rings. The molecule has 0 unspecified atom stereocenters. The van der Waals surface area contributed by atoms with Gasteiger partial charge in [-0.2, -0.15) is 4.98 Å². The summed E-state index contributed by atoms with van der Waals surface area (Å²) in [4.78, 5) is 22.2. The van der Waals surface area contributed by atoms with Crippen molar-refractivity contribution in [2.24, 2.45) is 0 Å². The summed E-state index contributed by atoms with van der Waals surface area (Å²) < 4.78 is 4.75. The molecule has 0 atom stereocenters. The van der Waals surface area contributed by atoms with Gasteiger partial charge in [0.1, 0.15) is 5.02 Å². The van der Waals surface area contributed by atoms with E-state index in [1.54, 1.807) is 0 Å². The maximum atomic E-state index is 10.2. The Kier molecular flexibility index (Phi) is 9.78. The minimum Gasteiger partial charge on any atom is -0.479 e. The molecular weight excluding hydrogens is 328 g/mol. The molecule has 1 rings (SSSR count). The Balaban J connectivity index is 0. The first kappa shape index (κ1) is 19.8. The van der Waals surface area contributed by atoms with Crippen molar-refractivity contribution in [3.05, 3.63) is 31.4 Å². The summed E-state index contributed by atoms with van der Waals surface area (Å²) in [5.41, 5.74) is 0. The number of ether oxygens (including phenoxy) is 1. The predicted octanol–water partition coefficient (Wildman–Crippen LogP) is 2.32. The van der Waals surface area contributed by atoms with Crippen LogP contribution >= 0.6 is 34.8 Å². The summed E-state index contributed by atoms with van der Waals surface area (Å²) in [5, 5.41) is 22.3. The number of pyridine rings is 1. The molecule has 0 aliphatic carbocycles. The van der Waals surface area contributed by atoms with Crippen molar-refractivity contribution in [2.75, 3.05) is 6.61 Å². The predicted molar refractivity (Wildman–Crippen MR) is 66.2 cm³/mol. The van der Waals surface area contributed by atoms with Gasteiger partial charge in [-0.3, -0.25) is 0 Å². The lowest BCUT2D eigenvalue weighted by Crippen LogP contribution is -2.10. The smallest absolute Gasteiger partial charge is 0.341 e. The van der Waals surface area contributed by atoms with Gasteiger partial charge in [0.2, 0.25) is 5.88 Å². The zero-order valence-electron chi connectivity index (χ0n) is 9.05. The molecule has 12 heteroatoms. The van der Waals surface area contributed by atoms with Crippen molar-refractivity contribution >= 4 is 40.8 Å². The first-order valence-corrected chi connectivity index (χ1v) is 5.06. The summed E-state index contributed by atoms with van der Waals surface area (Å²) in [7, 11) is 0.